The Morgan fingerprint density at radius 3 is 2.40 bits per heavy atom. The molecule has 3 aromatic carbocycles. The lowest BCUT2D eigenvalue weighted by molar-refractivity contribution is -0.137. The molecular formula is C39H44F3N7O5S. The summed E-state index contributed by atoms with van der Waals surface area (Å²) in [4.78, 5) is 55.0. The molecule has 3 aromatic rings. The summed E-state index contributed by atoms with van der Waals surface area (Å²) < 4.78 is 47.2. The summed E-state index contributed by atoms with van der Waals surface area (Å²) in [5.74, 6) is -0.292. The van der Waals surface area contributed by atoms with E-state index in [0.717, 1.165) is 48.5 Å². The van der Waals surface area contributed by atoms with Crippen molar-refractivity contribution in [3.63, 3.8) is 0 Å². The number of benzene rings is 3. The maximum absolute atomic E-state index is 13.6. The summed E-state index contributed by atoms with van der Waals surface area (Å²) in [5.41, 5.74) is 5.69. The summed E-state index contributed by atoms with van der Waals surface area (Å²) in [6, 6.07) is 15.4. The molecule has 0 bridgehead atoms. The number of hydrogen-bond acceptors (Lipinski definition) is 9. The highest BCUT2D eigenvalue weighted by molar-refractivity contribution is 7.81. The van der Waals surface area contributed by atoms with Gasteiger partial charge in [-0.15, -0.1) is 0 Å². The van der Waals surface area contributed by atoms with E-state index in [1.807, 2.05) is 19.1 Å². The molecule has 55 heavy (non-hydrogen) atoms. The highest BCUT2D eigenvalue weighted by Gasteiger charge is 2.51. The molecule has 4 amide bonds. The monoisotopic (exact) mass is 779 g/mol. The third kappa shape index (κ3) is 8.70. The maximum atomic E-state index is 13.6. The van der Waals surface area contributed by atoms with Gasteiger partial charge in [0.1, 0.15) is 17.3 Å². The van der Waals surface area contributed by atoms with Crippen molar-refractivity contribution in [2.24, 2.45) is 5.92 Å². The van der Waals surface area contributed by atoms with Gasteiger partial charge in [-0.05, 0) is 131 Å². The Balaban J connectivity index is 1.02. The highest BCUT2D eigenvalue weighted by atomic mass is 32.1. The van der Waals surface area contributed by atoms with Crippen molar-refractivity contribution < 1.29 is 37.1 Å². The van der Waals surface area contributed by atoms with Gasteiger partial charge in [-0.1, -0.05) is 13.0 Å². The van der Waals surface area contributed by atoms with Gasteiger partial charge in [0, 0.05) is 29.2 Å². The Morgan fingerprint density at radius 2 is 1.71 bits per heavy atom. The first-order chi connectivity index (χ1) is 26.0. The molecule has 0 aromatic heterocycles. The molecule has 1 unspecified atom stereocenters. The normalized spacial score (nSPS) is 19.4. The first kappa shape index (κ1) is 39.5. The molecule has 16 heteroatoms. The second kappa shape index (κ2) is 15.9. The number of rotatable bonds is 11. The smallest absolute Gasteiger partial charge is 0.418 e. The van der Waals surface area contributed by atoms with Crippen LogP contribution in [0.15, 0.2) is 60.7 Å². The van der Waals surface area contributed by atoms with Crippen LogP contribution in [0.2, 0.25) is 0 Å². The standard InChI is InChI=1S/C39H44F3N7O5S/c1-4-24-18-28(49-37(55)48(36(53)38(49,2)3)27-8-10-30(43)29(20-27)39(40,41)42)9-12-32(24)54-22-23-14-16-47(17-15-23)21-34(51)45-26-7-5-6-25(19-26)44-31-11-13-33(50)46-35(31)52/h5-10,12,18-20,23,31,44H,4,11,13-17,21-22,43H2,1-3H3,(H,45,51)(H,46,50,52). The number of aryl methyl sites for hydroxylation is 1. The Labute approximate surface area is 322 Å². The lowest BCUT2D eigenvalue weighted by Crippen LogP contribution is -2.47. The van der Waals surface area contributed by atoms with E-state index < -0.39 is 34.9 Å². The zero-order chi connectivity index (χ0) is 39.7. The van der Waals surface area contributed by atoms with Gasteiger partial charge in [-0.25, -0.2) is 0 Å². The molecule has 0 spiro atoms. The van der Waals surface area contributed by atoms with Crippen LogP contribution in [0, 0.1) is 5.92 Å². The summed E-state index contributed by atoms with van der Waals surface area (Å²) in [6.07, 6.45) is -1.73. The second-order valence-corrected chi connectivity index (χ2v) is 14.9. The lowest BCUT2D eigenvalue weighted by Gasteiger charge is -2.32. The maximum Gasteiger partial charge on any atom is 0.418 e. The van der Waals surface area contributed by atoms with Gasteiger partial charge in [-0.2, -0.15) is 13.2 Å². The number of imide groups is 1. The van der Waals surface area contributed by atoms with Crippen molar-refractivity contribution in [3.05, 3.63) is 71.8 Å². The van der Waals surface area contributed by atoms with Crippen molar-refractivity contribution in [2.45, 2.75) is 70.6 Å². The van der Waals surface area contributed by atoms with Crippen molar-refractivity contribution in [1.82, 2.24) is 10.2 Å². The molecule has 3 saturated heterocycles. The predicted octanol–water partition coefficient (Wildman–Crippen LogP) is 5.71. The minimum Gasteiger partial charge on any atom is -0.493 e. The zero-order valence-electron chi connectivity index (χ0n) is 30.8. The number of carbonyl (C=O) groups is 4. The third-order valence-corrected chi connectivity index (χ3v) is 10.6. The average Bonchev–Trinajstić information content (AvgIpc) is 3.31. The molecule has 1 atom stereocenters. The molecule has 3 heterocycles. The number of nitrogens with zero attached hydrogens (tertiary/aromatic N) is 3. The Kier molecular flexibility index (Phi) is 11.4. The fourth-order valence-electron chi connectivity index (χ4n) is 7.15. The van der Waals surface area contributed by atoms with E-state index in [4.69, 9.17) is 22.7 Å². The van der Waals surface area contributed by atoms with Gasteiger partial charge in [-0.3, -0.25) is 34.3 Å². The fourth-order valence-corrected chi connectivity index (χ4v) is 7.67. The van der Waals surface area contributed by atoms with Crippen molar-refractivity contribution in [2.75, 3.05) is 52.4 Å². The molecule has 12 nitrogen and oxygen atoms in total. The summed E-state index contributed by atoms with van der Waals surface area (Å²) in [6.45, 7) is 7.51. The van der Waals surface area contributed by atoms with Crippen LogP contribution in [-0.4, -0.2) is 71.5 Å². The number of nitrogen functional groups attached to an aromatic ring is 1. The van der Waals surface area contributed by atoms with Gasteiger partial charge in [0.05, 0.1) is 24.4 Å². The summed E-state index contributed by atoms with van der Waals surface area (Å²) >= 11 is 5.71. The number of alkyl halides is 3. The SMILES string of the molecule is CCc1cc(N2C(=S)N(c3ccc(N)c(C(F)(F)F)c3)C(=O)C2(C)C)ccc1OCC1CCN(CC(=O)Nc2cccc(NC3CCC(=O)NC3=O)c2)CC1. The van der Waals surface area contributed by atoms with Gasteiger partial charge in [0.25, 0.3) is 5.91 Å². The third-order valence-electron chi connectivity index (χ3n) is 10.2. The van der Waals surface area contributed by atoms with E-state index in [1.165, 1.54) is 6.07 Å². The van der Waals surface area contributed by atoms with Gasteiger partial charge >= 0.3 is 6.18 Å². The molecule has 0 aliphatic carbocycles. The number of amides is 4. The van der Waals surface area contributed by atoms with Crippen LogP contribution in [0.5, 0.6) is 5.75 Å². The Hall–Kier alpha value is -5.22. The number of thiocarbonyl (C=S) groups is 1. The molecule has 0 saturated carbocycles. The van der Waals surface area contributed by atoms with E-state index >= 15 is 0 Å². The summed E-state index contributed by atoms with van der Waals surface area (Å²) in [7, 11) is 0. The molecule has 3 fully saturated rings. The molecular weight excluding hydrogens is 736 g/mol. The number of ether oxygens (including phenoxy) is 1. The van der Waals surface area contributed by atoms with Crippen LogP contribution < -0.4 is 36.2 Å². The number of anilines is 5. The van der Waals surface area contributed by atoms with Gasteiger partial charge in [0.2, 0.25) is 17.7 Å². The minimum absolute atomic E-state index is 0.0131. The van der Waals surface area contributed by atoms with Crippen molar-refractivity contribution >= 4 is 69.4 Å². The Morgan fingerprint density at radius 1 is 1.00 bits per heavy atom. The van der Waals surface area contributed by atoms with E-state index in [0.29, 0.717) is 42.3 Å². The number of piperidine rings is 2. The Bertz CT molecular complexity index is 2000. The van der Waals surface area contributed by atoms with Gasteiger partial charge in [0.15, 0.2) is 5.11 Å². The molecule has 292 valence electrons. The van der Waals surface area contributed by atoms with Crippen molar-refractivity contribution in [3.8, 4) is 5.75 Å². The lowest BCUT2D eigenvalue weighted by atomic mass is 9.97. The molecule has 5 N–H and O–H groups in total. The number of nitrogens with one attached hydrogen (secondary N) is 3. The molecule has 3 aliphatic heterocycles. The van der Waals surface area contributed by atoms with Crippen molar-refractivity contribution in [1.29, 1.82) is 0 Å². The van der Waals surface area contributed by atoms with Crippen LogP contribution in [0.3, 0.4) is 0 Å². The van der Waals surface area contributed by atoms with Crippen LogP contribution in [-0.2, 0) is 31.8 Å². The number of halogens is 3. The highest BCUT2D eigenvalue weighted by Crippen LogP contribution is 2.41. The molecule has 6 rings (SSSR count). The van der Waals surface area contributed by atoms with E-state index in [2.05, 4.69) is 20.9 Å². The number of nitrogens with two attached hydrogens (primary N) is 1. The van der Waals surface area contributed by atoms with Crippen LogP contribution in [0.25, 0.3) is 0 Å². The van der Waals surface area contributed by atoms with Crippen LogP contribution in [0.4, 0.5) is 41.6 Å². The topological polar surface area (TPSA) is 149 Å². The largest absolute Gasteiger partial charge is 0.493 e. The molecule has 0 radical (unpaired) electrons. The van der Waals surface area contributed by atoms with Crippen LogP contribution in [0.1, 0.15) is 57.6 Å². The number of likely N-dealkylation sites (tertiary alicyclic amines) is 1. The van der Waals surface area contributed by atoms with E-state index in [1.54, 1.807) is 49.1 Å². The predicted molar refractivity (Wildman–Crippen MR) is 208 cm³/mol. The van der Waals surface area contributed by atoms with E-state index in [9.17, 15) is 32.3 Å². The van der Waals surface area contributed by atoms with E-state index in [-0.39, 0.29) is 47.4 Å². The van der Waals surface area contributed by atoms with Crippen LogP contribution >= 0.6 is 12.2 Å². The average molecular weight is 780 g/mol. The fraction of sp³-hybridized carbons (Fsp3) is 0.410. The number of hydrogen-bond donors (Lipinski definition) is 4. The first-order valence-electron chi connectivity index (χ1n) is 18.2. The quantitative estimate of drug-likeness (QED) is 0.108. The zero-order valence-corrected chi connectivity index (χ0v) is 31.6. The van der Waals surface area contributed by atoms with Gasteiger partial charge < -0.3 is 26.0 Å². The minimum atomic E-state index is -4.70. The molecule has 3 aliphatic rings. The first-order valence-corrected chi connectivity index (χ1v) is 18.6. The second-order valence-electron chi connectivity index (χ2n) is 14.5. The number of carbonyl (C=O) groups excluding carboxylic acids is 4. The summed E-state index contributed by atoms with van der Waals surface area (Å²) in [5, 5.41) is 8.44.